The fraction of sp³-hybridized carbons (Fsp3) is 0.200. The molecule has 0 saturated heterocycles. The van der Waals surface area contributed by atoms with Crippen LogP contribution in [0.5, 0.6) is 5.75 Å². The van der Waals surface area contributed by atoms with E-state index in [-0.39, 0.29) is 24.4 Å². The van der Waals surface area contributed by atoms with Gasteiger partial charge in [0.05, 0.1) is 0 Å². The first-order valence-electron chi connectivity index (χ1n) is 7.97. The van der Waals surface area contributed by atoms with Crippen LogP contribution in [0, 0.1) is 6.92 Å². The van der Waals surface area contributed by atoms with Gasteiger partial charge in [0.1, 0.15) is 17.9 Å². The zero-order valence-electron chi connectivity index (χ0n) is 14.0. The SMILES string of the molecule is CCC(=O)c1c(OCc2ccc(Cl)cc2)ccc2c(C)cc(=O)oc12. The van der Waals surface area contributed by atoms with E-state index in [2.05, 4.69) is 0 Å². The van der Waals surface area contributed by atoms with Gasteiger partial charge in [-0.1, -0.05) is 30.7 Å². The van der Waals surface area contributed by atoms with Gasteiger partial charge in [-0.05, 0) is 42.3 Å². The minimum atomic E-state index is -0.481. The van der Waals surface area contributed by atoms with Crippen LogP contribution < -0.4 is 10.4 Å². The average Bonchev–Trinajstić information content (AvgIpc) is 2.60. The lowest BCUT2D eigenvalue weighted by molar-refractivity contribution is 0.0984. The van der Waals surface area contributed by atoms with Crippen molar-refractivity contribution in [2.45, 2.75) is 26.9 Å². The lowest BCUT2D eigenvalue weighted by atomic mass is 10.0. The Hall–Kier alpha value is -2.59. The van der Waals surface area contributed by atoms with Crippen molar-refractivity contribution in [2.24, 2.45) is 0 Å². The number of hydrogen-bond acceptors (Lipinski definition) is 4. The van der Waals surface area contributed by atoms with E-state index >= 15 is 0 Å². The zero-order chi connectivity index (χ0) is 18.0. The van der Waals surface area contributed by atoms with Crippen molar-refractivity contribution in [2.75, 3.05) is 0 Å². The Morgan fingerprint density at radius 3 is 2.56 bits per heavy atom. The van der Waals surface area contributed by atoms with Crippen LogP contribution in [0.1, 0.15) is 34.8 Å². The highest BCUT2D eigenvalue weighted by Gasteiger charge is 2.19. The van der Waals surface area contributed by atoms with E-state index in [1.54, 1.807) is 31.2 Å². The summed E-state index contributed by atoms with van der Waals surface area (Å²) in [6.07, 6.45) is 0.286. The second-order valence-electron chi connectivity index (χ2n) is 5.76. The summed E-state index contributed by atoms with van der Waals surface area (Å²) in [6.45, 7) is 3.86. The Balaban J connectivity index is 2.06. The molecule has 0 spiro atoms. The van der Waals surface area contributed by atoms with Crippen molar-refractivity contribution in [3.63, 3.8) is 0 Å². The topological polar surface area (TPSA) is 56.5 Å². The lowest BCUT2D eigenvalue weighted by Crippen LogP contribution is -2.07. The van der Waals surface area contributed by atoms with Crippen LogP contribution in [0.25, 0.3) is 11.0 Å². The van der Waals surface area contributed by atoms with E-state index in [0.29, 0.717) is 16.3 Å². The number of fused-ring (bicyclic) bond motifs is 1. The molecule has 0 aliphatic heterocycles. The van der Waals surface area contributed by atoms with Crippen LogP contribution in [0.15, 0.2) is 51.7 Å². The van der Waals surface area contributed by atoms with Gasteiger partial charge in [-0.2, -0.15) is 0 Å². The molecule has 1 aromatic heterocycles. The van der Waals surface area contributed by atoms with Crippen molar-refractivity contribution >= 4 is 28.4 Å². The van der Waals surface area contributed by atoms with Gasteiger partial charge in [0.25, 0.3) is 0 Å². The summed E-state index contributed by atoms with van der Waals surface area (Å²) in [5, 5.41) is 1.38. The van der Waals surface area contributed by atoms with Crippen molar-refractivity contribution in [3.8, 4) is 5.75 Å². The average molecular weight is 357 g/mol. The molecule has 0 N–H and O–H groups in total. The molecule has 3 rings (SSSR count). The summed E-state index contributed by atoms with van der Waals surface area (Å²) < 4.78 is 11.2. The van der Waals surface area contributed by atoms with E-state index in [1.165, 1.54) is 6.07 Å². The van der Waals surface area contributed by atoms with E-state index in [4.69, 9.17) is 20.8 Å². The molecule has 25 heavy (non-hydrogen) atoms. The van der Waals surface area contributed by atoms with Gasteiger partial charge in [-0.3, -0.25) is 4.79 Å². The number of carbonyl (C=O) groups is 1. The van der Waals surface area contributed by atoms with Gasteiger partial charge < -0.3 is 9.15 Å². The molecule has 0 radical (unpaired) electrons. The quantitative estimate of drug-likeness (QED) is 0.480. The maximum absolute atomic E-state index is 12.5. The Morgan fingerprint density at radius 2 is 1.88 bits per heavy atom. The highest BCUT2D eigenvalue weighted by molar-refractivity contribution is 6.30. The Labute approximate surface area is 150 Å². The van der Waals surface area contributed by atoms with Crippen molar-refractivity contribution < 1.29 is 13.9 Å². The summed E-state index contributed by atoms with van der Waals surface area (Å²) in [5.41, 5.74) is 1.80. The summed E-state index contributed by atoms with van der Waals surface area (Å²) >= 11 is 5.88. The highest BCUT2D eigenvalue weighted by Crippen LogP contribution is 2.30. The van der Waals surface area contributed by atoms with E-state index in [9.17, 15) is 9.59 Å². The number of hydrogen-bond donors (Lipinski definition) is 0. The van der Waals surface area contributed by atoms with Crippen molar-refractivity contribution in [3.05, 3.63) is 74.6 Å². The molecular weight excluding hydrogens is 340 g/mol. The molecule has 0 aliphatic rings. The maximum atomic E-state index is 12.5. The molecule has 1 heterocycles. The first-order valence-corrected chi connectivity index (χ1v) is 8.35. The Morgan fingerprint density at radius 1 is 1.16 bits per heavy atom. The van der Waals surface area contributed by atoms with E-state index in [1.807, 2.05) is 19.1 Å². The summed E-state index contributed by atoms with van der Waals surface area (Å²) in [6, 6.07) is 12.2. The molecule has 3 aromatic rings. The Bertz CT molecular complexity index is 987. The molecule has 0 fully saturated rings. The third kappa shape index (κ3) is 3.59. The number of ether oxygens (including phenoxy) is 1. The van der Waals surface area contributed by atoms with Gasteiger partial charge in [0.15, 0.2) is 11.4 Å². The largest absolute Gasteiger partial charge is 0.488 e. The fourth-order valence-corrected chi connectivity index (χ4v) is 2.79. The highest BCUT2D eigenvalue weighted by atomic mass is 35.5. The number of aryl methyl sites for hydroxylation is 1. The molecular formula is C20H17ClO4. The molecule has 0 bridgehead atoms. The van der Waals surface area contributed by atoms with Crippen LogP contribution in [0.2, 0.25) is 5.02 Å². The smallest absolute Gasteiger partial charge is 0.336 e. The zero-order valence-corrected chi connectivity index (χ0v) is 14.7. The minimum Gasteiger partial charge on any atom is -0.488 e. The summed E-state index contributed by atoms with van der Waals surface area (Å²) in [4.78, 5) is 24.2. The summed E-state index contributed by atoms with van der Waals surface area (Å²) in [7, 11) is 0. The molecule has 0 amide bonds. The van der Waals surface area contributed by atoms with Crippen LogP contribution in [0.3, 0.4) is 0 Å². The molecule has 0 saturated carbocycles. The van der Waals surface area contributed by atoms with Gasteiger partial charge in [0, 0.05) is 22.9 Å². The maximum Gasteiger partial charge on any atom is 0.336 e. The van der Waals surface area contributed by atoms with Gasteiger partial charge in [-0.15, -0.1) is 0 Å². The van der Waals surface area contributed by atoms with Crippen LogP contribution in [-0.4, -0.2) is 5.78 Å². The molecule has 0 aliphatic carbocycles. The fourth-order valence-electron chi connectivity index (χ4n) is 2.67. The molecule has 0 atom stereocenters. The van der Waals surface area contributed by atoms with Crippen molar-refractivity contribution in [1.82, 2.24) is 0 Å². The van der Waals surface area contributed by atoms with Crippen molar-refractivity contribution in [1.29, 1.82) is 0 Å². The molecule has 128 valence electrons. The molecule has 4 nitrogen and oxygen atoms in total. The van der Waals surface area contributed by atoms with E-state index < -0.39 is 5.63 Å². The number of ketones is 1. The van der Waals surface area contributed by atoms with Crippen LogP contribution >= 0.6 is 11.6 Å². The monoisotopic (exact) mass is 356 g/mol. The third-order valence-electron chi connectivity index (χ3n) is 3.99. The van der Waals surface area contributed by atoms with Gasteiger partial charge >= 0.3 is 5.63 Å². The first-order chi connectivity index (χ1) is 12.0. The molecule has 5 heteroatoms. The molecule has 2 aromatic carbocycles. The van der Waals surface area contributed by atoms with Crippen LogP contribution in [-0.2, 0) is 6.61 Å². The predicted molar refractivity (Wildman–Crippen MR) is 97.6 cm³/mol. The van der Waals surface area contributed by atoms with Gasteiger partial charge in [0.2, 0.25) is 0 Å². The van der Waals surface area contributed by atoms with Crippen LogP contribution in [0.4, 0.5) is 0 Å². The normalized spacial score (nSPS) is 10.8. The standard InChI is InChI=1S/C20H17ClO4/c1-3-16(22)19-17(24-11-13-4-6-14(21)7-5-13)9-8-15-12(2)10-18(23)25-20(15)19/h4-10H,3,11H2,1-2H3. The van der Waals surface area contributed by atoms with Gasteiger partial charge in [-0.25, -0.2) is 4.79 Å². The number of benzene rings is 2. The third-order valence-corrected chi connectivity index (χ3v) is 4.24. The number of Topliss-reactive ketones (excluding diaryl/α,β-unsaturated/α-hetero) is 1. The molecule has 0 unspecified atom stereocenters. The first kappa shape index (κ1) is 17.2. The van der Waals surface area contributed by atoms with E-state index in [0.717, 1.165) is 16.5 Å². The second kappa shape index (κ2) is 7.11. The second-order valence-corrected chi connectivity index (χ2v) is 6.19. The summed E-state index contributed by atoms with van der Waals surface area (Å²) in [5.74, 6) is 0.272. The number of carbonyl (C=O) groups excluding carboxylic acids is 1. The number of halogens is 1. The minimum absolute atomic E-state index is 0.134. The number of rotatable bonds is 5. The Kier molecular flexibility index (Phi) is 4.91. The lowest BCUT2D eigenvalue weighted by Gasteiger charge is -2.13. The predicted octanol–water partition coefficient (Wildman–Crippen LogP) is 4.93.